The van der Waals surface area contributed by atoms with Crippen molar-refractivity contribution < 1.29 is 14.3 Å². The number of nitrogens with zero attached hydrogens (tertiary/aromatic N) is 1. The number of hydrogen-bond donors (Lipinski definition) is 1. The van der Waals surface area contributed by atoms with Crippen molar-refractivity contribution in [2.24, 2.45) is 5.73 Å². The van der Waals surface area contributed by atoms with Crippen LogP contribution in [-0.2, 0) is 4.79 Å². The average molecular weight is 276 g/mol. The molecule has 1 aromatic carbocycles. The van der Waals surface area contributed by atoms with Gasteiger partial charge in [0.05, 0.1) is 18.3 Å². The molecule has 1 aliphatic heterocycles. The number of amides is 1. The van der Waals surface area contributed by atoms with Gasteiger partial charge in [-0.05, 0) is 31.5 Å². The highest BCUT2D eigenvalue weighted by molar-refractivity contribution is 6.02. The van der Waals surface area contributed by atoms with Crippen LogP contribution in [-0.4, -0.2) is 30.4 Å². The molecule has 0 spiro atoms. The molecule has 0 saturated heterocycles. The first-order chi connectivity index (χ1) is 9.43. The third-order valence-electron chi connectivity index (χ3n) is 3.46. The summed E-state index contributed by atoms with van der Waals surface area (Å²) in [7, 11) is 0. The van der Waals surface area contributed by atoms with Gasteiger partial charge in [0.25, 0.3) is 0 Å². The second-order valence-corrected chi connectivity index (χ2v) is 5.11. The van der Waals surface area contributed by atoms with E-state index in [9.17, 15) is 9.59 Å². The number of benzene rings is 1. The van der Waals surface area contributed by atoms with Gasteiger partial charge in [-0.3, -0.25) is 9.59 Å². The molecule has 1 aromatic rings. The van der Waals surface area contributed by atoms with E-state index in [0.29, 0.717) is 23.5 Å². The van der Waals surface area contributed by atoms with Crippen molar-refractivity contribution in [3.63, 3.8) is 0 Å². The maximum atomic E-state index is 12.0. The van der Waals surface area contributed by atoms with Crippen LogP contribution in [0.5, 0.6) is 5.75 Å². The van der Waals surface area contributed by atoms with Gasteiger partial charge < -0.3 is 15.4 Å². The van der Waals surface area contributed by atoms with E-state index in [1.807, 2.05) is 6.92 Å². The van der Waals surface area contributed by atoms with Gasteiger partial charge in [0.15, 0.2) is 5.78 Å². The van der Waals surface area contributed by atoms with Gasteiger partial charge in [-0.15, -0.1) is 0 Å². The smallest absolute Gasteiger partial charge is 0.224 e. The summed E-state index contributed by atoms with van der Waals surface area (Å²) in [6, 6.07) is 4.56. The molecule has 5 nitrogen and oxygen atoms in total. The molecule has 0 bridgehead atoms. The molecule has 0 aromatic heterocycles. The Morgan fingerprint density at radius 2 is 2.20 bits per heavy atom. The Balaban J connectivity index is 2.43. The fourth-order valence-corrected chi connectivity index (χ4v) is 2.27. The second-order valence-electron chi connectivity index (χ2n) is 5.11. The zero-order valence-corrected chi connectivity index (χ0v) is 12.1. The van der Waals surface area contributed by atoms with E-state index in [0.717, 1.165) is 6.42 Å². The van der Waals surface area contributed by atoms with Crippen molar-refractivity contribution in [3.05, 3.63) is 23.8 Å². The Bertz CT molecular complexity index is 540. The first-order valence-corrected chi connectivity index (χ1v) is 6.82. The highest BCUT2D eigenvalue weighted by atomic mass is 16.5. The van der Waals surface area contributed by atoms with Gasteiger partial charge >= 0.3 is 0 Å². The summed E-state index contributed by atoms with van der Waals surface area (Å²) in [6.07, 6.45) is 0.811. The Kier molecular flexibility index (Phi) is 4.09. The van der Waals surface area contributed by atoms with Gasteiger partial charge in [0.2, 0.25) is 5.91 Å². The molecule has 0 aliphatic carbocycles. The first-order valence-electron chi connectivity index (χ1n) is 6.82. The maximum Gasteiger partial charge on any atom is 0.224 e. The van der Waals surface area contributed by atoms with E-state index in [-0.39, 0.29) is 17.8 Å². The number of carbonyl (C=O) groups is 2. The number of ether oxygens (including phenoxy) is 1. The van der Waals surface area contributed by atoms with E-state index >= 15 is 0 Å². The first kappa shape index (κ1) is 14.5. The number of fused-ring (bicyclic) bond motifs is 1. The van der Waals surface area contributed by atoms with Crippen LogP contribution in [0.2, 0.25) is 0 Å². The van der Waals surface area contributed by atoms with Crippen molar-refractivity contribution in [2.45, 2.75) is 39.3 Å². The summed E-state index contributed by atoms with van der Waals surface area (Å²) in [6.45, 7) is 5.69. The van der Waals surface area contributed by atoms with Gasteiger partial charge in [-0.25, -0.2) is 0 Å². The summed E-state index contributed by atoms with van der Waals surface area (Å²) < 4.78 is 5.82. The molecule has 1 aliphatic rings. The predicted molar refractivity (Wildman–Crippen MR) is 77.2 cm³/mol. The van der Waals surface area contributed by atoms with E-state index < -0.39 is 6.04 Å². The van der Waals surface area contributed by atoms with Crippen molar-refractivity contribution in [1.82, 2.24) is 0 Å². The quantitative estimate of drug-likeness (QED) is 0.853. The molecule has 5 heteroatoms. The number of carbonyl (C=O) groups excluding carboxylic acids is 2. The second kappa shape index (κ2) is 5.63. The van der Waals surface area contributed by atoms with Crippen molar-refractivity contribution in [3.8, 4) is 5.75 Å². The Morgan fingerprint density at radius 3 is 2.75 bits per heavy atom. The van der Waals surface area contributed by atoms with E-state index in [1.54, 1.807) is 30.0 Å². The molecule has 1 amide bonds. The summed E-state index contributed by atoms with van der Waals surface area (Å²) in [4.78, 5) is 25.4. The molecule has 2 rings (SSSR count). The molecule has 2 unspecified atom stereocenters. The van der Waals surface area contributed by atoms with Crippen LogP contribution in [0, 0.1) is 0 Å². The zero-order chi connectivity index (χ0) is 14.9. The average Bonchev–Trinajstić information content (AvgIpc) is 2.44. The number of rotatable bonds is 3. The summed E-state index contributed by atoms with van der Waals surface area (Å²) >= 11 is 0. The molecule has 108 valence electrons. The predicted octanol–water partition coefficient (Wildman–Crippen LogP) is 1.74. The minimum absolute atomic E-state index is 0.0126. The Morgan fingerprint density at radius 1 is 1.50 bits per heavy atom. The highest BCUT2D eigenvalue weighted by Gasteiger charge is 2.28. The van der Waals surface area contributed by atoms with Crippen molar-refractivity contribution in [1.29, 1.82) is 0 Å². The fourth-order valence-electron chi connectivity index (χ4n) is 2.27. The molecule has 1 heterocycles. The minimum atomic E-state index is -0.563. The summed E-state index contributed by atoms with van der Waals surface area (Å²) in [5.74, 6) is 0.437. The summed E-state index contributed by atoms with van der Waals surface area (Å²) in [5, 5.41) is 0. The van der Waals surface area contributed by atoms with Crippen LogP contribution in [0.3, 0.4) is 0 Å². The van der Waals surface area contributed by atoms with Crippen molar-refractivity contribution >= 4 is 17.4 Å². The van der Waals surface area contributed by atoms with Gasteiger partial charge in [-0.2, -0.15) is 0 Å². The lowest BCUT2D eigenvalue weighted by Gasteiger charge is -2.34. The summed E-state index contributed by atoms with van der Waals surface area (Å²) in [5.41, 5.74) is 6.77. The number of ketones is 1. The van der Waals surface area contributed by atoms with Crippen LogP contribution >= 0.6 is 0 Å². The van der Waals surface area contributed by atoms with Crippen LogP contribution in [0.25, 0.3) is 0 Å². The molecular weight excluding hydrogens is 256 g/mol. The lowest BCUT2D eigenvalue weighted by Crippen LogP contribution is -2.42. The van der Waals surface area contributed by atoms with Crippen LogP contribution in [0.15, 0.2) is 18.2 Å². The largest absolute Gasteiger partial charge is 0.486 e. The third kappa shape index (κ3) is 2.67. The highest BCUT2D eigenvalue weighted by Crippen LogP contribution is 2.35. The third-order valence-corrected chi connectivity index (χ3v) is 3.46. The number of Topliss-reactive ketones (excluding diaryl/α,β-unsaturated/α-hetero) is 1. The lowest BCUT2D eigenvalue weighted by atomic mass is 10.0. The molecule has 0 radical (unpaired) electrons. The molecule has 0 saturated carbocycles. The van der Waals surface area contributed by atoms with Crippen molar-refractivity contribution in [2.75, 3.05) is 11.4 Å². The van der Waals surface area contributed by atoms with Gasteiger partial charge in [0, 0.05) is 12.5 Å². The maximum absolute atomic E-state index is 12.0. The number of hydrogen-bond acceptors (Lipinski definition) is 4. The standard InChI is InChI=1S/C15H20N2O3/c1-4-12-8-17(10(3)18)13-7-11(15(19)9(2)16)5-6-14(13)20-12/h5-7,9,12H,4,8,16H2,1-3H3. The van der Waals surface area contributed by atoms with Crippen LogP contribution in [0.1, 0.15) is 37.6 Å². The molecule has 2 atom stereocenters. The lowest BCUT2D eigenvalue weighted by molar-refractivity contribution is -0.117. The van der Waals surface area contributed by atoms with E-state index in [1.165, 1.54) is 6.92 Å². The molecule has 20 heavy (non-hydrogen) atoms. The topological polar surface area (TPSA) is 72.6 Å². The molecule has 0 fully saturated rings. The molecular formula is C15H20N2O3. The van der Waals surface area contributed by atoms with Gasteiger partial charge in [-0.1, -0.05) is 6.92 Å². The number of anilines is 1. The monoisotopic (exact) mass is 276 g/mol. The normalized spacial score (nSPS) is 19.0. The fraction of sp³-hybridized carbons (Fsp3) is 0.467. The minimum Gasteiger partial charge on any atom is -0.486 e. The van der Waals surface area contributed by atoms with E-state index in [2.05, 4.69) is 0 Å². The SMILES string of the molecule is CCC1CN(C(C)=O)c2cc(C(=O)C(C)N)ccc2O1. The Hall–Kier alpha value is -1.88. The van der Waals surface area contributed by atoms with Gasteiger partial charge in [0.1, 0.15) is 11.9 Å². The van der Waals surface area contributed by atoms with E-state index in [4.69, 9.17) is 10.5 Å². The Labute approximate surface area is 118 Å². The van der Waals surface area contributed by atoms with Crippen LogP contribution in [0.4, 0.5) is 5.69 Å². The number of nitrogens with two attached hydrogens (primary N) is 1. The zero-order valence-electron chi connectivity index (χ0n) is 12.1. The molecule has 2 N–H and O–H groups in total. The van der Waals surface area contributed by atoms with Crippen LogP contribution < -0.4 is 15.4 Å².